The number of ether oxygens (including phenoxy) is 3. The van der Waals surface area contributed by atoms with Gasteiger partial charge in [0, 0.05) is 11.6 Å². The molecule has 10 heteroatoms. The van der Waals surface area contributed by atoms with Gasteiger partial charge in [-0.25, -0.2) is 18.3 Å². The Hall–Kier alpha value is -3.82. The summed E-state index contributed by atoms with van der Waals surface area (Å²) >= 11 is 0. The Morgan fingerprint density at radius 1 is 1.10 bits per heavy atom. The van der Waals surface area contributed by atoms with Crippen LogP contribution in [0.1, 0.15) is 0 Å². The Morgan fingerprint density at radius 3 is 2.39 bits per heavy atom. The Labute approximate surface area is 177 Å². The summed E-state index contributed by atoms with van der Waals surface area (Å²) in [5, 5.41) is 15.1. The molecular weight excluding hydrogens is 412 g/mol. The lowest BCUT2D eigenvalue weighted by molar-refractivity contribution is 0.0794. The molecule has 0 aliphatic heterocycles. The Kier molecular flexibility index (Phi) is 7.26. The summed E-state index contributed by atoms with van der Waals surface area (Å²) in [7, 11) is 1.56. The molecule has 3 aromatic rings. The number of halogens is 2. The molecular formula is C21H21F2N3O5. The van der Waals surface area contributed by atoms with E-state index in [4.69, 9.17) is 19.3 Å². The minimum absolute atomic E-state index is 0.0752. The van der Waals surface area contributed by atoms with Crippen LogP contribution >= 0.6 is 0 Å². The first kappa shape index (κ1) is 21.9. The highest BCUT2D eigenvalue weighted by Gasteiger charge is 2.15. The quantitative estimate of drug-likeness (QED) is 0.472. The lowest BCUT2D eigenvalue weighted by Crippen LogP contribution is -2.26. The van der Waals surface area contributed by atoms with Crippen LogP contribution in [0.4, 0.5) is 13.6 Å². The molecule has 1 aromatic heterocycles. The zero-order valence-corrected chi connectivity index (χ0v) is 16.6. The topological polar surface area (TPSA) is 94.8 Å². The van der Waals surface area contributed by atoms with Crippen LogP contribution in [0.25, 0.3) is 16.9 Å². The molecule has 0 aliphatic rings. The summed E-state index contributed by atoms with van der Waals surface area (Å²) in [5.74, 6) is 1.30. The average molecular weight is 433 g/mol. The van der Waals surface area contributed by atoms with Crippen molar-refractivity contribution in [2.75, 3.05) is 26.9 Å². The van der Waals surface area contributed by atoms with Gasteiger partial charge in [0.15, 0.2) is 6.61 Å². The molecule has 0 spiro atoms. The first-order valence-electron chi connectivity index (χ1n) is 9.31. The van der Waals surface area contributed by atoms with Crippen molar-refractivity contribution < 1.29 is 32.9 Å². The second-order valence-electron chi connectivity index (χ2n) is 6.28. The van der Waals surface area contributed by atoms with E-state index in [1.807, 2.05) is 0 Å². The molecule has 1 amide bonds. The maximum absolute atomic E-state index is 12.5. The largest absolute Gasteiger partial charge is 0.497 e. The van der Waals surface area contributed by atoms with Gasteiger partial charge in [0.25, 0.3) is 6.43 Å². The number of alkyl halides is 2. The first-order chi connectivity index (χ1) is 15.0. The van der Waals surface area contributed by atoms with Gasteiger partial charge in [-0.2, -0.15) is 0 Å². The molecule has 0 unspecified atom stereocenters. The zero-order valence-electron chi connectivity index (χ0n) is 16.6. The van der Waals surface area contributed by atoms with Crippen LogP contribution in [-0.4, -0.2) is 54.3 Å². The van der Waals surface area contributed by atoms with Crippen LogP contribution in [0.15, 0.2) is 54.6 Å². The van der Waals surface area contributed by atoms with E-state index in [0.29, 0.717) is 22.9 Å². The van der Waals surface area contributed by atoms with Crippen LogP contribution in [0.5, 0.6) is 17.4 Å². The normalized spacial score (nSPS) is 10.7. The second kappa shape index (κ2) is 10.3. The van der Waals surface area contributed by atoms with Crippen LogP contribution in [0.3, 0.4) is 0 Å². The summed E-state index contributed by atoms with van der Waals surface area (Å²) in [6.45, 7) is -0.413. The van der Waals surface area contributed by atoms with Gasteiger partial charge >= 0.3 is 6.09 Å². The van der Waals surface area contributed by atoms with E-state index < -0.39 is 19.1 Å². The molecule has 3 rings (SSSR count). The number of amides is 1. The predicted octanol–water partition coefficient (Wildman–Crippen LogP) is 3.84. The number of carboxylic acid groups (broad SMARTS) is 1. The lowest BCUT2D eigenvalue weighted by atomic mass is 10.1. The number of methoxy groups -OCH3 is 1. The van der Waals surface area contributed by atoms with Crippen molar-refractivity contribution in [3.63, 3.8) is 0 Å². The molecule has 8 nitrogen and oxygen atoms in total. The highest BCUT2D eigenvalue weighted by molar-refractivity contribution is 5.65. The molecule has 0 saturated carbocycles. The zero-order chi connectivity index (χ0) is 22.2. The fourth-order valence-electron chi connectivity index (χ4n) is 2.75. The fraction of sp³-hybridized carbons (Fsp3) is 0.238. The SMILES string of the molecule is COc1ccc(-n2nc(OCC(F)F)cc2-c2ccc(OCCNC(=O)O)cc2)cc1. The van der Waals surface area contributed by atoms with Crippen molar-refractivity contribution >= 4 is 6.09 Å². The number of nitrogens with one attached hydrogen (secondary N) is 1. The van der Waals surface area contributed by atoms with Gasteiger partial charge in [0.2, 0.25) is 5.88 Å². The number of hydrogen-bond acceptors (Lipinski definition) is 5. The van der Waals surface area contributed by atoms with Gasteiger partial charge in [-0.3, -0.25) is 0 Å². The summed E-state index contributed by atoms with van der Waals surface area (Å²) in [5.41, 5.74) is 2.09. The molecule has 0 radical (unpaired) electrons. The van der Waals surface area contributed by atoms with Gasteiger partial charge in [-0.05, 0) is 48.5 Å². The number of benzene rings is 2. The van der Waals surface area contributed by atoms with E-state index >= 15 is 0 Å². The second-order valence-corrected chi connectivity index (χ2v) is 6.28. The average Bonchev–Trinajstić information content (AvgIpc) is 3.20. The Balaban J connectivity index is 1.83. The molecule has 0 atom stereocenters. The molecule has 2 aromatic carbocycles. The highest BCUT2D eigenvalue weighted by Crippen LogP contribution is 2.29. The third-order valence-corrected chi connectivity index (χ3v) is 4.16. The lowest BCUT2D eigenvalue weighted by Gasteiger charge is -2.10. The fourth-order valence-corrected chi connectivity index (χ4v) is 2.75. The summed E-state index contributed by atoms with van der Waals surface area (Å²) in [6, 6.07) is 15.7. The van der Waals surface area contributed by atoms with E-state index in [0.717, 1.165) is 5.56 Å². The third kappa shape index (κ3) is 6.08. The highest BCUT2D eigenvalue weighted by atomic mass is 19.3. The minimum atomic E-state index is -2.61. The smallest absolute Gasteiger partial charge is 0.404 e. The van der Waals surface area contributed by atoms with E-state index in [1.54, 1.807) is 66.4 Å². The van der Waals surface area contributed by atoms with Crippen LogP contribution in [0, 0.1) is 0 Å². The number of aromatic nitrogens is 2. The summed E-state index contributed by atoms with van der Waals surface area (Å²) in [4.78, 5) is 10.4. The number of rotatable bonds is 10. The van der Waals surface area contributed by atoms with Crippen LogP contribution in [-0.2, 0) is 0 Å². The van der Waals surface area contributed by atoms with Crippen molar-refractivity contribution in [2.45, 2.75) is 6.43 Å². The monoisotopic (exact) mass is 433 g/mol. The number of hydrogen-bond donors (Lipinski definition) is 2. The van der Waals surface area contributed by atoms with E-state index in [2.05, 4.69) is 10.4 Å². The van der Waals surface area contributed by atoms with Crippen molar-refractivity contribution in [1.29, 1.82) is 0 Å². The van der Waals surface area contributed by atoms with Crippen LogP contribution in [0.2, 0.25) is 0 Å². The van der Waals surface area contributed by atoms with Crippen molar-refractivity contribution in [2.24, 2.45) is 0 Å². The molecule has 0 bridgehead atoms. The van der Waals surface area contributed by atoms with Crippen LogP contribution < -0.4 is 19.5 Å². The Bertz CT molecular complexity index is 991. The van der Waals surface area contributed by atoms with E-state index in [-0.39, 0.29) is 19.0 Å². The summed E-state index contributed by atoms with van der Waals surface area (Å²) < 4.78 is 42.4. The van der Waals surface area contributed by atoms with E-state index in [1.165, 1.54) is 0 Å². The van der Waals surface area contributed by atoms with Crippen molar-refractivity contribution in [3.8, 4) is 34.3 Å². The molecule has 164 valence electrons. The molecule has 0 aliphatic carbocycles. The minimum Gasteiger partial charge on any atom is -0.497 e. The molecule has 31 heavy (non-hydrogen) atoms. The van der Waals surface area contributed by atoms with Gasteiger partial charge in [0.1, 0.15) is 18.1 Å². The standard InChI is InChI=1S/C21H21F2N3O5/c1-29-16-8-4-15(5-9-16)26-18(12-20(25-26)31-13-19(22)23)14-2-6-17(7-3-14)30-11-10-24-21(27)28/h2-9,12,19,24H,10-11,13H2,1H3,(H,27,28). The predicted molar refractivity (Wildman–Crippen MR) is 109 cm³/mol. The summed E-state index contributed by atoms with van der Waals surface area (Å²) in [6.07, 6.45) is -3.72. The van der Waals surface area contributed by atoms with E-state index in [9.17, 15) is 13.6 Å². The number of nitrogens with zero attached hydrogens (tertiary/aromatic N) is 2. The number of carbonyl (C=O) groups is 1. The van der Waals surface area contributed by atoms with Gasteiger partial charge in [-0.15, -0.1) is 5.10 Å². The van der Waals surface area contributed by atoms with Crippen molar-refractivity contribution in [1.82, 2.24) is 15.1 Å². The van der Waals surface area contributed by atoms with Gasteiger partial charge < -0.3 is 24.6 Å². The molecule has 1 heterocycles. The maximum atomic E-state index is 12.5. The van der Waals surface area contributed by atoms with Crippen molar-refractivity contribution in [3.05, 3.63) is 54.6 Å². The Morgan fingerprint density at radius 2 is 1.77 bits per heavy atom. The molecule has 0 fully saturated rings. The van der Waals surface area contributed by atoms with Gasteiger partial charge in [0.05, 0.1) is 25.0 Å². The molecule has 2 N–H and O–H groups in total. The maximum Gasteiger partial charge on any atom is 0.404 e. The first-order valence-corrected chi connectivity index (χ1v) is 9.31. The van der Waals surface area contributed by atoms with Gasteiger partial charge in [-0.1, -0.05) is 0 Å². The third-order valence-electron chi connectivity index (χ3n) is 4.16. The molecule has 0 saturated heterocycles.